The van der Waals surface area contributed by atoms with Crippen molar-refractivity contribution in [2.45, 2.75) is 62.8 Å². The number of nitrogens with one attached hydrogen (secondary N) is 1. The van der Waals surface area contributed by atoms with Crippen LogP contribution >= 0.6 is 0 Å². The fourth-order valence-corrected chi connectivity index (χ4v) is 8.51. The number of aromatic nitrogens is 2. The number of allylic oxidation sites excluding steroid dienone is 1. The lowest BCUT2D eigenvalue weighted by Crippen LogP contribution is -2.51. The first-order valence-corrected chi connectivity index (χ1v) is 19.2. The summed E-state index contributed by atoms with van der Waals surface area (Å²) in [5.41, 5.74) is 5.22. The molecular weight excluding hydrogens is 700 g/mol. The second-order valence-electron chi connectivity index (χ2n) is 14.9. The lowest BCUT2D eigenvalue weighted by molar-refractivity contribution is -0.125. The Morgan fingerprint density at radius 3 is 2.36 bits per heavy atom. The van der Waals surface area contributed by atoms with Crippen molar-refractivity contribution >= 4 is 23.5 Å². The number of halogens is 1. The molecule has 1 aromatic heterocycles. The van der Waals surface area contributed by atoms with Gasteiger partial charge < -0.3 is 20.1 Å². The molecule has 1 unspecified atom stereocenters. The van der Waals surface area contributed by atoms with Crippen LogP contribution < -0.4 is 15.0 Å². The Balaban J connectivity index is 0.786. The maximum Gasteiger partial charge on any atom is 0.282 e. The van der Waals surface area contributed by atoms with Gasteiger partial charge in [0.05, 0.1) is 12.8 Å². The van der Waals surface area contributed by atoms with E-state index in [1.807, 2.05) is 36.4 Å². The SMILES string of the molecule is C=C1CCC(N2C(=O)c3ncc(N4CCN(CCCCCOc5ccc([C@H]6c7ccc(O)cc7CC[C@H]6c6ccc(F)cc6)cc5)CC4)nc3C2=O)C(=O)N1. The predicted molar refractivity (Wildman–Crippen MR) is 205 cm³/mol. The smallest absolute Gasteiger partial charge is 0.282 e. The second kappa shape index (κ2) is 15.6. The molecule has 1 aliphatic carbocycles. The highest BCUT2D eigenvalue weighted by Crippen LogP contribution is 2.47. The molecule has 11 nitrogen and oxygen atoms in total. The van der Waals surface area contributed by atoms with Crippen LogP contribution in [0.15, 0.2) is 85.2 Å². The summed E-state index contributed by atoms with van der Waals surface area (Å²) in [5.74, 6) is 0.149. The molecule has 2 fully saturated rings. The largest absolute Gasteiger partial charge is 0.508 e. The van der Waals surface area contributed by atoms with Crippen molar-refractivity contribution in [3.8, 4) is 11.5 Å². The average molecular weight is 745 g/mol. The second-order valence-corrected chi connectivity index (χ2v) is 14.9. The molecule has 3 aliphatic heterocycles. The molecule has 3 atom stereocenters. The normalized spacial score (nSPS) is 21.4. The Morgan fingerprint density at radius 1 is 0.855 bits per heavy atom. The number of unbranched alkanes of at least 4 members (excludes halogenated alkanes) is 2. The van der Waals surface area contributed by atoms with Crippen LogP contribution in [-0.2, 0) is 11.2 Å². The van der Waals surface area contributed by atoms with Crippen molar-refractivity contribution < 1.29 is 28.6 Å². The number of imide groups is 1. The molecule has 2 N–H and O–H groups in total. The number of phenolic OH excluding ortho intramolecular Hbond substituents is 1. The number of anilines is 1. The van der Waals surface area contributed by atoms with Gasteiger partial charge in [0.15, 0.2) is 11.4 Å². The number of hydrogen-bond donors (Lipinski definition) is 2. The number of carbonyl (C=O) groups is 3. The average Bonchev–Trinajstić information content (AvgIpc) is 3.44. The van der Waals surface area contributed by atoms with Crippen LogP contribution in [0.5, 0.6) is 11.5 Å². The third-order valence-corrected chi connectivity index (χ3v) is 11.4. The van der Waals surface area contributed by atoms with Crippen molar-refractivity contribution in [2.75, 3.05) is 44.2 Å². The van der Waals surface area contributed by atoms with Crippen molar-refractivity contribution in [3.63, 3.8) is 0 Å². The first-order valence-electron chi connectivity index (χ1n) is 19.2. The summed E-state index contributed by atoms with van der Waals surface area (Å²) in [5, 5.41) is 12.8. The molecule has 0 bridgehead atoms. The van der Waals surface area contributed by atoms with Crippen LogP contribution in [0.3, 0.4) is 0 Å². The predicted octanol–water partition coefficient (Wildman–Crippen LogP) is 5.94. The number of rotatable bonds is 11. The van der Waals surface area contributed by atoms with Crippen LogP contribution in [0.25, 0.3) is 0 Å². The van der Waals surface area contributed by atoms with Gasteiger partial charge in [0, 0.05) is 37.8 Å². The summed E-state index contributed by atoms with van der Waals surface area (Å²) in [6.45, 7) is 8.53. The number of fused-ring (bicyclic) bond motifs is 2. The molecule has 0 radical (unpaired) electrons. The minimum atomic E-state index is -0.889. The third-order valence-electron chi connectivity index (χ3n) is 11.4. The van der Waals surface area contributed by atoms with Crippen LogP contribution in [-0.4, -0.2) is 88.0 Å². The maximum absolute atomic E-state index is 13.8. The lowest BCUT2D eigenvalue weighted by atomic mass is 9.69. The molecule has 12 heteroatoms. The molecule has 55 heavy (non-hydrogen) atoms. The number of phenols is 1. The quantitative estimate of drug-likeness (QED) is 0.142. The summed E-state index contributed by atoms with van der Waals surface area (Å²) in [4.78, 5) is 53.1. The topological polar surface area (TPSA) is 128 Å². The fourth-order valence-electron chi connectivity index (χ4n) is 8.51. The molecule has 0 saturated carbocycles. The van der Waals surface area contributed by atoms with Gasteiger partial charge in [0.2, 0.25) is 5.91 Å². The molecule has 3 aromatic carbocycles. The maximum atomic E-state index is 13.8. The number of ether oxygens (including phenoxy) is 1. The number of carbonyl (C=O) groups excluding carboxylic acids is 3. The first kappa shape index (κ1) is 36.4. The van der Waals surface area contributed by atoms with E-state index in [0.29, 0.717) is 31.0 Å². The Morgan fingerprint density at radius 2 is 1.60 bits per heavy atom. The van der Waals surface area contributed by atoms with E-state index in [0.717, 1.165) is 86.6 Å². The van der Waals surface area contributed by atoms with Crippen molar-refractivity contribution in [1.29, 1.82) is 0 Å². The number of piperazine rings is 1. The number of benzene rings is 3. The molecule has 4 aliphatic rings. The summed E-state index contributed by atoms with van der Waals surface area (Å²) in [6.07, 6.45) is 7.19. The number of hydrogen-bond acceptors (Lipinski definition) is 9. The van der Waals surface area contributed by atoms with Gasteiger partial charge in [0.1, 0.15) is 29.2 Å². The van der Waals surface area contributed by atoms with E-state index in [2.05, 4.69) is 43.8 Å². The van der Waals surface area contributed by atoms with Crippen LogP contribution in [0.2, 0.25) is 0 Å². The molecule has 4 aromatic rings. The number of aromatic hydroxyl groups is 1. The summed E-state index contributed by atoms with van der Waals surface area (Å²) in [6, 6.07) is 19.9. The van der Waals surface area contributed by atoms with Gasteiger partial charge in [-0.25, -0.2) is 14.4 Å². The van der Waals surface area contributed by atoms with Crippen LogP contribution in [0.4, 0.5) is 10.2 Å². The minimum absolute atomic E-state index is 0.00426. The molecule has 3 amide bonds. The Kier molecular flexibility index (Phi) is 10.3. The molecule has 4 heterocycles. The van der Waals surface area contributed by atoms with E-state index in [4.69, 9.17) is 4.74 Å². The third kappa shape index (κ3) is 7.55. The summed E-state index contributed by atoms with van der Waals surface area (Å²) >= 11 is 0. The highest BCUT2D eigenvalue weighted by molar-refractivity contribution is 6.21. The van der Waals surface area contributed by atoms with Crippen molar-refractivity contribution in [2.24, 2.45) is 0 Å². The number of aryl methyl sites for hydroxylation is 1. The molecule has 8 rings (SSSR count). The van der Waals surface area contributed by atoms with E-state index in [-0.39, 0.29) is 34.8 Å². The van der Waals surface area contributed by atoms with Crippen molar-refractivity contribution in [1.82, 2.24) is 25.1 Å². The molecule has 0 spiro atoms. The van der Waals surface area contributed by atoms with Gasteiger partial charge in [-0.15, -0.1) is 0 Å². The van der Waals surface area contributed by atoms with Gasteiger partial charge in [-0.1, -0.05) is 36.9 Å². The van der Waals surface area contributed by atoms with Gasteiger partial charge in [-0.05, 0) is 116 Å². The zero-order chi connectivity index (χ0) is 38.1. The number of amides is 3. The van der Waals surface area contributed by atoms with Crippen LogP contribution in [0.1, 0.15) is 93.6 Å². The number of nitrogens with zero attached hydrogens (tertiary/aromatic N) is 5. The zero-order valence-electron chi connectivity index (χ0n) is 30.8. The van der Waals surface area contributed by atoms with E-state index in [1.54, 1.807) is 12.3 Å². The van der Waals surface area contributed by atoms with E-state index in [1.165, 1.54) is 23.3 Å². The van der Waals surface area contributed by atoms with E-state index >= 15 is 0 Å². The van der Waals surface area contributed by atoms with Crippen molar-refractivity contribution in [3.05, 3.63) is 125 Å². The van der Waals surface area contributed by atoms with Gasteiger partial charge in [-0.3, -0.25) is 24.2 Å². The molecule has 284 valence electrons. The zero-order valence-corrected chi connectivity index (χ0v) is 30.8. The fraction of sp³-hybridized carbons (Fsp3) is 0.372. The minimum Gasteiger partial charge on any atom is -0.508 e. The summed E-state index contributed by atoms with van der Waals surface area (Å²) < 4.78 is 19.9. The number of piperidine rings is 1. The summed E-state index contributed by atoms with van der Waals surface area (Å²) in [7, 11) is 0. The highest BCUT2D eigenvalue weighted by atomic mass is 19.1. The Hall–Kier alpha value is -5.62. The molecular formula is C43H45FN6O5. The Bertz CT molecular complexity index is 2100. The van der Waals surface area contributed by atoms with Gasteiger partial charge in [0.25, 0.3) is 11.8 Å². The Labute approximate surface area is 319 Å². The monoisotopic (exact) mass is 744 g/mol. The first-order chi connectivity index (χ1) is 26.7. The van der Waals surface area contributed by atoms with Gasteiger partial charge in [-0.2, -0.15) is 0 Å². The molecule has 2 saturated heterocycles. The van der Waals surface area contributed by atoms with Crippen LogP contribution in [0, 0.1) is 5.82 Å². The van der Waals surface area contributed by atoms with E-state index < -0.39 is 23.8 Å². The van der Waals surface area contributed by atoms with E-state index in [9.17, 15) is 23.9 Å². The lowest BCUT2D eigenvalue weighted by Gasteiger charge is -2.35. The van der Waals surface area contributed by atoms with Gasteiger partial charge >= 0.3 is 0 Å². The standard InChI is InChI=1S/C43H45FN6O5/c1-27-5-18-36(41(52)46-27)50-42(53)39-40(43(50)54)47-37(26-45-39)49-22-20-48(21-23-49)19-3-2-4-24-55-33-14-8-29(9-15-33)38-34(28-6-11-31(44)12-7-28)16-10-30-25-32(51)13-17-35(30)38/h6-9,11-15,17,25-26,34,36,38,51H,1-5,10,16,18-24H2,(H,46,52)/t34-,36?,38+/m0/s1. The highest BCUT2D eigenvalue weighted by Gasteiger charge is 2.46.